The molecule has 0 amide bonds. The van der Waals surface area contributed by atoms with Crippen LogP contribution in [0.15, 0.2) is 24.3 Å². The van der Waals surface area contributed by atoms with Crippen LogP contribution in [0.4, 0.5) is 0 Å². The minimum absolute atomic E-state index is 0.247. The van der Waals surface area contributed by atoms with Crippen molar-refractivity contribution in [1.82, 2.24) is 5.32 Å². The molecule has 6 nitrogen and oxygen atoms in total. The number of hydrogen-bond acceptors (Lipinski definition) is 4. The van der Waals surface area contributed by atoms with E-state index in [9.17, 15) is 0 Å². The standard InChI is InChI=1S/C17H29NO.C2H2O4/c1-6-14(3)18-12-13-19-16-10-8-15(9-11-16)17(4,5)7-2;3-1(4)2(5)6/h8-11,14,18H,6-7,12-13H2,1-5H3;(H,3,4)(H,5,6). The van der Waals surface area contributed by atoms with Crippen LogP contribution in [0.2, 0.25) is 0 Å². The Balaban J connectivity index is 0.000000823. The number of aliphatic carboxylic acids is 2. The first-order valence-corrected chi connectivity index (χ1v) is 8.57. The largest absolute Gasteiger partial charge is 0.492 e. The SMILES string of the molecule is CCC(C)NCCOc1ccc(C(C)(C)CC)cc1.O=C(O)C(=O)O. The number of hydrogen-bond donors (Lipinski definition) is 3. The molecule has 6 heteroatoms. The topological polar surface area (TPSA) is 95.9 Å². The van der Waals surface area contributed by atoms with Crippen molar-refractivity contribution >= 4 is 11.9 Å². The average Bonchev–Trinajstić information content (AvgIpc) is 2.59. The molecule has 3 N–H and O–H groups in total. The second-order valence-corrected chi connectivity index (χ2v) is 6.48. The first-order chi connectivity index (χ1) is 11.6. The number of rotatable bonds is 8. The summed E-state index contributed by atoms with van der Waals surface area (Å²) in [5.74, 6) is -2.69. The summed E-state index contributed by atoms with van der Waals surface area (Å²) in [4.78, 5) is 18.2. The lowest BCUT2D eigenvalue weighted by molar-refractivity contribution is -0.159. The molecule has 0 aliphatic carbocycles. The van der Waals surface area contributed by atoms with E-state index in [-0.39, 0.29) is 5.41 Å². The van der Waals surface area contributed by atoms with Crippen LogP contribution in [0.5, 0.6) is 5.75 Å². The Kier molecular flexibility index (Phi) is 10.5. The lowest BCUT2D eigenvalue weighted by atomic mass is 9.82. The number of nitrogens with one attached hydrogen (secondary N) is 1. The molecule has 0 saturated heterocycles. The Morgan fingerprint density at radius 2 is 1.64 bits per heavy atom. The van der Waals surface area contributed by atoms with Crippen molar-refractivity contribution in [3.63, 3.8) is 0 Å². The van der Waals surface area contributed by atoms with E-state index in [0.717, 1.165) is 31.7 Å². The molecule has 0 bridgehead atoms. The van der Waals surface area contributed by atoms with E-state index in [4.69, 9.17) is 24.5 Å². The molecule has 1 unspecified atom stereocenters. The first kappa shape index (κ1) is 22.9. The van der Waals surface area contributed by atoms with Crippen molar-refractivity contribution in [2.75, 3.05) is 13.2 Å². The fourth-order valence-electron chi connectivity index (χ4n) is 1.83. The first-order valence-electron chi connectivity index (χ1n) is 8.57. The molecule has 1 aromatic rings. The fraction of sp³-hybridized carbons (Fsp3) is 0.579. The van der Waals surface area contributed by atoms with E-state index in [1.54, 1.807) is 0 Å². The van der Waals surface area contributed by atoms with Crippen LogP contribution in [-0.4, -0.2) is 41.3 Å². The Morgan fingerprint density at radius 3 is 2.04 bits per heavy atom. The van der Waals surface area contributed by atoms with Gasteiger partial charge in [-0.25, -0.2) is 9.59 Å². The van der Waals surface area contributed by atoms with Gasteiger partial charge in [-0.15, -0.1) is 0 Å². The molecule has 1 rings (SSSR count). The van der Waals surface area contributed by atoms with E-state index in [1.807, 2.05) is 0 Å². The quantitative estimate of drug-likeness (QED) is 0.490. The molecule has 0 aliphatic heterocycles. The molecule has 1 aromatic carbocycles. The number of ether oxygens (including phenoxy) is 1. The van der Waals surface area contributed by atoms with Crippen LogP contribution >= 0.6 is 0 Å². The maximum absolute atomic E-state index is 9.10. The van der Waals surface area contributed by atoms with E-state index in [0.29, 0.717) is 6.04 Å². The second-order valence-electron chi connectivity index (χ2n) is 6.48. The highest BCUT2D eigenvalue weighted by Crippen LogP contribution is 2.27. The summed E-state index contributed by atoms with van der Waals surface area (Å²) in [6.45, 7) is 12.8. The zero-order valence-electron chi connectivity index (χ0n) is 15.8. The van der Waals surface area contributed by atoms with Crippen LogP contribution < -0.4 is 10.1 Å². The molecule has 0 radical (unpaired) electrons. The van der Waals surface area contributed by atoms with Gasteiger partial charge in [-0.2, -0.15) is 0 Å². The van der Waals surface area contributed by atoms with E-state index in [2.05, 4.69) is 64.2 Å². The number of carbonyl (C=O) groups is 2. The summed E-state index contributed by atoms with van der Waals surface area (Å²) < 4.78 is 5.74. The molecule has 0 saturated carbocycles. The maximum atomic E-state index is 9.10. The van der Waals surface area contributed by atoms with Crippen molar-refractivity contribution in [2.45, 2.75) is 58.9 Å². The zero-order valence-corrected chi connectivity index (χ0v) is 15.8. The Labute approximate surface area is 150 Å². The second kappa shape index (κ2) is 11.5. The molecular formula is C19H31NO5. The fourth-order valence-corrected chi connectivity index (χ4v) is 1.83. The molecule has 0 aromatic heterocycles. The van der Waals surface area contributed by atoms with Gasteiger partial charge in [0, 0.05) is 12.6 Å². The Morgan fingerprint density at radius 1 is 1.12 bits per heavy atom. The Bertz CT molecular complexity index is 513. The van der Waals surface area contributed by atoms with Gasteiger partial charge in [0.2, 0.25) is 0 Å². The summed E-state index contributed by atoms with van der Waals surface area (Å²) in [6, 6.07) is 9.09. The third-order valence-corrected chi connectivity index (χ3v) is 4.18. The van der Waals surface area contributed by atoms with Crippen LogP contribution in [0.1, 0.15) is 53.0 Å². The van der Waals surface area contributed by atoms with Gasteiger partial charge in [-0.3, -0.25) is 0 Å². The molecule has 0 heterocycles. The highest BCUT2D eigenvalue weighted by atomic mass is 16.5. The van der Waals surface area contributed by atoms with Gasteiger partial charge in [-0.1, -0.05) is 39.8 Å². The van der Waals surface area contributed by atoms with Gasteiger partial charge < -0.3 is 20.3 Å². The van der Waals surface area contributed by atoms with E-state index >= 15 is 0 Å². The lowest BCUT2D eigenvalue weighted by Crippen LogP contribution is -2.29. The minimum Gasteiger partial charge on any atom is -0.492 e. The van der Waals surface area contributed by atoms with Crippen molar-refractivity contribution in [1.29, 1.82) is 0 Å². The number of carboxylic acids is 2. The molecule has 1 atom stereocenters. The molecule has 0 aliphatic rings. The smallest absolute Gasteiger partial charge is 0.414 e. The monoisotopic (exact) mass is 353 g/mol. The minimum atomic E-state index is -1.82. The number of benzene rings is 1. The van der Waals surface area contributed by atoms with Crippen LogP contribution in [0, 0.1) is 0 Å². The van der Waals surface area contributed by atoms with Crippen molar-refractivity contribution in [3.05, 3.63) is 29.8 Å². The summed E-state index contributed by atoms with van der Waals surface area (Å²) in [6.07, 6.45) is 2.30. The third-order valence-electron chi connectivity index (χ3n) is 4.18. The van der Waals surface area contributed by atoms with Crippen LogP contribution in [0.3, 0.4) is 0 Å². The van der Waals surface area contributed by atoms with Crippen LogP contribution in [-0.2, 0) is 15.0 Å². The van der Waals surface area contributed by atoms with Gasteiger partial charge >= 0.3 is 11.9 Å². The molecule has 0 spiro atoms. The van der Waals surface area contributed by atoms with Crippen molar-refractivity contribution in [2.24, 2.45) is 0 Å². The average molecular weight is 353 g/mol. The van der Waals surface area contributed by atoms with Gasteiger partial charge in [0.05, 0.1) is 0 Å². The molecular weight excluding hydrogens is 322 g/mol. The lowest BCUT2D eigenvalue weighted by Gasteiger charge is -2.23. The highest BCUT2D eigenvalue weighted by Gasteiger charge is 2.17. The Hall–Kier alpha value is -2.08. The van der Waals surface area contributed by atoms with E-state index in [1.165, 1.54) is 5.56 Å². The maximum Gasteiger partial charge on any atom is 0.414 e. The van der Waals surface area contributed by atoms with Crippen molar-refractivity contribution in [3.8, 4) is 5.75 Å². The zero-order chi connectivity index (χ0) is 19.5. The molecule has 142 valence electrons. The summed E-state index contributed by atoms with van der Waals surface area (Å²) >= 11 is 0. The van der Waals surface area contributed by atoms with Gasteiger partial charge in [0.15, 0.2) is 0 Å². The van der Waals surface area contributed by atoms with Gasteiger partial charge in [0.25, 0.3) is 0 Å². The van der Waals surface area contributed by atoms with Gasteiger partial charge in [-0.05, 0) is 42.9 Å². The predicted octanol–water partition coefficient (Wildman–Crippen LogP) is 3.30. The van der Waals surface area contributed by atoms with Gasteiger partial charge in [0.1, 0.15) is 12.4 Å². The number of carboxylic acid groups (broad SMARTS) is 2. The van der Waals surface area contributed by atoms with Crippen molar-refractivity contribution < 1.29 is 24.5 Å². The summed E-state index contributed by atoms with van der Waals surface area (Å²) in [5.41, 5.74) is 1.62. The van der Waals surface area contributed by atoms with Crippen LogP contribution in [0.25, 0.3) is 0 Å². The van der Waals surface area contributed by atoms with E-state index < -0.39 is 11.9 Å². The summed E-state index contributed by atoms with van der Waals surface area (Å²) in [5, 5.41) is 18.2. The summed E-state index contributed by atoms with van der Waals surface area (Å²) in [7, 11) is 0. The third kappa shape index (κ3) is 9.72. The molecule has 25 heavy (non-hydrogen) atoms. The predicted molar refractivity (Wildman–Crippen MR) is 98.3 cm³/mol. The normalized spacial score (nSPS) is 11.9. The molecule has 0 fully saturated rings. The highest BCUT2D eigenvalue weighted by molar-refractivity contribution is 6.27.